The lowest BCUT2D eigenvalue weighted by Gasteiger charge is -2.09. The van der Waals surface area contributed by atoms with Gasteiger partial charge in [0.15, 0.2) is 11.5 Å². The van der Waals surface area contributed by atoms with Crippen LogP contribution in [0.25, 0.3) is 17.1 Å². The second-order valence-corrected chi connectivity index (χ2v) is 7.78. The van der Waals surface area contributed by atoms with Crippen LogP contribution in [0.15, 0.2) is 89.8 Å². The van der Waals surface area contributed by atoms with Gasteiger partial charge in [0.25, 0.3) is 5.91 Å². The molecule has 1 amide bonds. The predicted molar refractivity (Wildman–Crippen MR) is 128 cm³/mol. The Labute approximate surface area is 199 Å². The number of furan rings is 1. The second kappa shape index (κ2) is 9.21. The Morgan fingerprint density at radius 3 is 2.62 bits per heavy atom. The summed E-state index contributed by atoms with van der Waals surface area (Å²) in [6, 6.07) is 19.7. The molecule has 0 saturated heterocycles. The van der Waals surface area contributed by atoms with E-state index in [-0.39, 0.29) is 17.6 Å². The Hall–Kier alpha value is -4.43. The molecule has 5 rings (SSSR count). The number of amides is 1. The standard InChI is InChI=1S/C25H18ClN5O3/c1-16-13-19(34-25-27-10-4-11-28-25)8-9-20(16)29-24(32)21-15-22(23-7-3-12-33-23)31(30-21)18-6-2-5-17(26)14-18/h2-15H,1H3,(H,29,32). The Balaban J connectivity index is 1.41. The van der Waals surface area contributed by atoms with Crippen LogP contribution in [-0.4, -0.2) is 25.7 Å². The largest absolute Gasteiger partial charge is 0.463 e. The van der Waals surface area contributed by atoms with Gasteiger partial charge in [0.2, 0.25) is 0 Å². The van der Waals surface area contributed by atoms with Gasteiger partial charge in [-0.1, -0.05) is 17.7 Å². The summed E-state index contributed by atoms with van der Waals surface area (Å²) in [4.78, 5) is 21.2. The minimum absolute atomic E-state index is 0.226. The van der Waals surface area contributed by atoms with Gasteiger partial charge in [-0.05, 0) is 67.1 Å². The molecule has 34 heavy (non-hydrogen) atoms. The fraction of sp³-hybridized carbons (Fsp3) is 0.0400. The van der Waals surface area contributed by atoms with Crippen LogP contribution in [0, 0.1) is 6.92 Å². The summed E-state index contributed by atoms with van der Waals surface area (Å²) < 4.78 is 12.8. The molecule has 0 atom stereocenters. The van der Waals surface area contributed by atoms with Crippen LogP contribution in [0.1, 0.15) is 16.1 Å². The van der Waals surface area contributed by atoms with Gasteiger partial charge in [-0.15, -0.1) is 0 Å². The van der Waals surface area contributed by atoms with Crippen molar-refractivity contribution in [2.75, 3.05) is 5.32 Å². The number of carbonyl (C=O) groups excluding carboxylic acids is 1. The minimum Gasteiger partial charge on any atom is -0.463 e. The summed E-state index contributed by atoms with van der Waals surface area (Å²) >= 11 is 6.17. The lowest BCUT2D eigenvalue weighted by molar-refractivity contribution is 0.102. The molecule has 0 radical (unpaired) electrons. The van der Waals surface area contributed by atoms with Crippen molar-refractivity contribution in [1.29, 1.82) is 0 Å². The summed E-state index contributed by atoms with van der Waals surface area (Å²) in [5.74, 6) is 0.774. The number of aryl methyl sites for hydroxylation is 1. The van der Waals surface area contributed by atoms with Gasteiger partial charge in [0, 0.05) is 29.2 Å². The quantitative estimate of drug-likeness (QED) is 0.330. The van der Waals surface area contributed by atoms with Crippen LogP contribution >= 0.6 is 11.6 Å². The first-order valence-electron chi connectivity index (χ1n) is 10.3. The van der Waals surface area contributed by atoms with Gasteiger partial charge in [0.05, 0.1) is 12.0 Å². The van der Waals surface area contributed by atoms with Crippen LogP contribution < -0.4 is 10.1 Å². The zero-order valence-electron chi connectivity index (χ0n) is 18.0. The summed E-state index contributed by atoms with van der Waals surface area (Å²) in [6.07, 6.45) is 4.77. The monoisotopic (exact) mass is 471 g/mol. The van der Waals surface area contributed by atoms with E-state index in [1.54, 1.807) is 77.9 Å². The summed E-state index contributed by atoms with van der Waals surface area (Å²) in [6.45, 7) is 1.87. The molecule has 0 spiro atoms. The minimum atomic E-state index is -0.364. The highest BCUT2D eigenvalue weighted by molar-refractivity contribution is 6.30. The third kappa shape index (κ3) is 4.53. The number of nitrogens with one attached hydrogen (secondary N) is 1. The summed E-state index contributed by atoms with van der Waals surface area (Å²) in [7, 11) is 0. The number of hydrogen-bond acceptors (Lipinski definition) is 6. The molecule has 0 saturated carbocycles. The van der Waals surface area contributed by atoms with Crippen molar-refractivity contribution in [1.82, 2.24) is 19.7 Å². The molecule has 0 aliphatic carbocycles. The van der Waals surface area contributed by atoms with Gasteiger partial charge in [-0.3, -0.25) is 4.79 Å². The highest BCUT2D eigenvalue weighted by atomic mass is 35.5. The van der Waals surface area contributed by atoms with E-state index in [9.17, 15) is 4.79 Å². The molecule has 0 aliphatic rings. The number of halogens is 1. The second-order valence-electron chi connectivity index (χ2n) is 7.35. The number of rotatable bonds is 6. The van der Waals surface area contributed by atoms with Crippen molar-refractivity contribution >= 4 is 23.2 Å². The highest BCUT2D eigenvalue weighted by Crippen LogP contribution is 2.28. The molecule has 8 nitrogen and oxygen atoms in total. The van der Waals surface area contributed by atoms with E-state index < -0.39 is 0 Å². The smallest absolute Gasteiger partial charge is 0.321 e. The highest BCUT2D eigenvalue weighted by Gasteiger charge is 2.19. The van der Waals surface area contributed by atoms with E-state index in [1.165, 1.54) is 0 Å². The van der Waals surface area contributed by atoms with Crippen LogP contribution in [-0.2, 0) is 0 Å². The number of hydrogen-bond donors (Lipinski definition) is 1. The molecular formula is C25H18ClN5O3. The first-order chi connectivity index (χ1) is 16.6. The molecule has 0 aliphatic heterocycles. The van der Waals surface area contributed by atoms with Crippen molar-refractivity contribution in [3.05, 3.63) is 102 Å². The van der Waals surface area contributed by atoms with Gasteiger partial charge >= 0.3 is 6.01 Å². The zero-order chi connectivity index (χ0) is 23.5. The Kier molecular flexibility index (Phi) is 5.80. The van der Waals surface area contributed by atoms with E-state index in [2.05, 4.69) is 20.4 Å². The average Bonchev–Trinajstić information content (AvgIpc) is 3.52. The van der Waals surface area contributed by atoms with Gasteiger partial charge in [-0.25, -0.2) is 14.6 Å². The van der Waals surface area contributed by atoms with E-state index in [4.69, 9.17) is 20.8 Å². The maximum Gasteiger partial charge on any atom is 0.321 e. The molecule has 1 N–H and O–H groups in total. The van der Waals surface area contributed by atoms with E-state index in [0.29, 0.717) is 33.6 Å². The molecule has 0 fully saturated rings. The third-order valence-corrected chi connectivity index (χ3v) is 5.20. The Bertz CT molecular complexity index is 1450. The molecule has 3 heterocycles. The summed E-state index contributed by atoms with van der Waals surface area (Å²) in [5.41, 5.74) is 2.99. The molecule has 168 valence electrons. The topological polar surface area (TPSA) is 95.1 Å². The van der Waals surface area contributed by atoms with Crippen LogP contribution in [0.3, 0.4) is 0 Å². The van der Waals surface area contributed by atoms with Crippen molar-refractivity contribution in [2.45, 2.75) is 6.92 Å². The van der Waals surface area contributed by atoms with Gasteiger partial charge in [0.1, 0.15) is 11.4 Å². The van der Waals surface area contributed by atoms with Gasteiger partial charge < -0.3 is 14.5 Å². The van der Waals surface area contributed by atoms with Crippen molar-refractivity contribution in [3.8, 4) is 28.9 Å². The Morgan fingerprint density at radius 2 is 1.88 bits per heavy atom. The fourth-order valence-corrected chi connectivity index (χ4v) is 3.55. The molecule has 2 aromatic carbocycles. The van der Waals surface area contributed by atoms with E-state index in [0.717, 1.165) is 5.56 Å². The maximum atomic E-state index is 13.1. The maximum absolute atomic E-state index is 13.1. The SMILES string of the molecule is Cc1cc(Oc2ncccn2)ccc1NC(=O)c1cc(-c2ccco2)n(-c2cccc(Cl)c2)n1. The lowest BCUT2D eigenvalue weighted by Crippen LogP contribution is -2.14. The number of ether oxygens (including phenoxy) is 1. The Morgan fingerprint density at radius 1 is 1.03 bits per heavy atom. The average molecular weight is 472 g/mol. The number of anilines is 1. The first kappa shape index (κ1) is 21.4. The van der Waals surface area contributed by atoms with Crippen LogP contribution in [0.4, 0.5) is 5.69 Å². The fourth-order valence-electron chi connectivity index (χ4n) is 3.37. The van der Waals surface area contributed by atoms with Crippen molar-refractivity contribution in [2.24, 2.45) is 0 Å². The molecule has 5 aromatic rings. The van der Waals surface area contributed by atoms with E-state index >= 15 is 0 Å². The zero-order valence-corrected chi connectivity index (χ0v) is 18.7. The van der Waals surface area contributed by atoms with Crippen molar-refractivity contribution < 1.29 is 13.9 Å². The van der Waals surface area contributed by atoms with Crippen molar-refractivity contribution in [3.63, 3.8) is 0 Å². The van der Waals surface area contributed by atoms with Gasteiger partial charge in [-0.2, -0.15) is 5.10 Å². The van der Waals surface area contributed by atoms with E-state index in [1.807, 2.05) is 19.1 Å². The van der Waals surface area contributed by atoms with Crippen LogP contribution in [0.2, 0.25) is 5.02 Å². The molecule has 3 aromatic heterocycles. The molecule has 0 unspecified atom stereocenters. The lowest BCUT2D eigenvalue weighted by atomic mass is 10.2. The molecular weight excluding hydrogens is 454 g/mol. The number of aromatic nitrogens is 4. The number of carbonyl (C=O) groups is 1. The predicted octanol–water partition coefficient (Wildman–Crippen LogP) is 5.93. The molecule has 9 heteroatoms. The first-order valence-corrected chi connectivity index (χ1v) is 10.7. The molecule has 0 bridgehead atoms. The number of benzene rings is 2. The third-order valence-electron chi connectivity index (χ3n) is 4.97. The normalized spacial score (nSPS) is 10.8. The number of nitrogens with zero attached hydrogens (tertiary/aromatic N) is 4. The van der Waals surface area contributed by atoms with Crippen LogP contribution in [0.5, 0.6) is 11.8 Å². The summed E-state index contributed by atoms with van der Waals surface area (Å²) in [5, 5.41) is 7.99.